The van der Waals surface area contributed by atoms with Gasteiger partial charge in [0.15, 0.2) is 5.16 Å². The number of aryl methyl sites for hydroxylation is 1. The molecule has 0 saturated heterocycles. The van der Waals surface area contributed by atoms with E-state index in [0.717, 1.165) is 23.3 Å². The standard InChI is InChI=1S/C18H26N4O3S2/c1-6-10(2)7-12-11(3)27-17-15(12)16(25)20-18(21-17)26-9-14(24)22(5)8-13(23)19-4/h10H,6-9H2,1-5H3,(H,19,23)(H,20,21,25)/t10-/m1/s1. The number of rotatable bonds is 8. The molecule has 2 aromatic rings. The van der Waals surface area contributed by atoms with E-state index < -0.39 is 0 Å². The number of carbonyl (C=O) groups is 2. The molecular weight excluding hydrogens is 384 g/mol. The van der Waals surface area contributed by atoms with Crippen LogP contribution in [0.25, 0.3) is 10.2 Å². The number of carbonyl (C=O) groups excluding carboxylic acids is 2. The summed E-state index contributed by atoms with van der Waals surface area (Å²) in [6.45, 7) is 6.34. The first-order valence-corrected chi connectivity index (χ1v) is 10.7. The van der Waals surface area contributed by atoms with Gasteiger partial charge in [-0.15, -0.1) is 11.3 Å². The van der Waals surface area contributed by atoms with Gasteiger partial charge in [-0.3, -0.25) is 14.4 Å². The van der Waals surface area contributed by atoms with Crippen LogP contribution in [0.2, 0.25) is 0 Å². The van der Waals surface area contributed by atoms with Gasteiger partial charge in [-0.05, 0) is 24.8 Å². The van der Waals surface area contributed by atoms with Crippen molar-refractivity contribution in [3.63, 3.8) is 0 Å². The van der Waals surface area contributed by atoms with Gasteiger partial charge < -0.3 is 15.2 Å². The molecule has 27 heavy (non-hydrogen) atoms. The number of hydrogen-bond acceptors (Lipinski definition) is 6. The monoisotopic (exact) mass is 410 g/mol. The Morgan fingerprint density at radius 2 is 2.11 bits per heavy atom. The zero-order chi connectivity index (χ0) is 20.1. The van der Waals surface area contributed by atoms with Crippen molar-refractivity contribution in [1.82, 2.24) is 20.2 Å². The predicted molar refractivity (Wildman–Crippen MR) is 111 cm³/mol. The lowest BCUT2D eigenvalue weighted by atomic mass is 9.98. The van der Waals surface area contributed by atoms with Crippen LogP contribution in [0.1, 0.15) is 30.7 Å². The summed E-state index contributed by atoms with van der Waals surface area (Å²) in [6, 6.07) is 0. The highest BCUT2D eigenvalue weighted by Crippen LogP contribution is 2.30. The van der Waals surface area contributed by atoms with Crippen LogP contribution in [0, 0.1) is 12.8 Å². The second-order valence-corrected chi connectivity index (χ2v) is 8.78. The van der Waals surface area contributed by atoms with Crippen LogP contribution in [0.3, 0.4) is 0 Å². The molecule has 0 aliphatic heterocycles. The highest BCUT2D eigenvalue weighted by atomic mass is 32.2. The summed E-state index contributed by atoms with van der Waals surface area (Å²) < 4.78 is 0. The van der Waals surface area contributed by atoms with Gasteiger partial charge in [0.2, 0.25) is 11.8 Å². The molecule has 0 unspecified atom stereocenters. The fraction of sp³-hybridized carbons (Fsp3) is 0.556. The van der Waals surface area contributed by atoms with E-state index in [-0.39, 0.29) is 29.7 Å². The van der Waals surface area contributed by atoms with E-state index in [1.54, 1.807) is 7.05 Å². The van der Waals surface area contributed by atoms with E-state index in [2.05, 4.69) is 29.1 Å². The van der Waals surface area contributed by atoms with Crippen LogP contribution in [-0.4, -0.2) is 53.1 Å². The molecule has 9 heteroatoms. The Kier molecular flexibility index (Phi) is 7.43. The number of aromatic amines is 1. The SMILES string of the molecule is CC[C@@H](C)Cc1c(C)sc2nc(SCC(=O)N(C)CC(=O)NC)[nH]c(=O)c12. The fourth-order valence-corrected chi connectivity index (χ4v) is 4.50. The smallest absolute Gasteiger partial charge is 0.260 e. The van der Waals surface area contributed by atoms with Crippen molar-refractivity contribution in [1.29, 1.82) is 0 Å². The molecule has 0 spiro atoms. The van der Waals surface area contributed by atoms with Gasteiger partial charge in [0.1, 0.15) is 4.83 Å². The quantitative estimate of drug-likeness (QED) is 0.514. The van der Waals surface area contributed by atoms with Crippen LogP contribution < -0.4 is 10.9 Å². The van der Waals surface area contributed by atoms with Crippen molar-refractivity contribution >= 4 is 45.1 Å². The maximum Gasteiger partial charge on any atom is 0.260 e. The molecule has 0 aromatic carbocycles. The molecule has 7 nitrogen and oxygen atoms in total. The fourth-order valence-electron chi connectivity index (χ4n) is 2.59. The van der Waals surface area contributed by atoms with Crippen LogP contribution in [0.4, 0.5) is 0 Å². The molecule has 0 saturated carbocycles. The maximum atomic E-state index is 12.6. The summed E-state index contributed by atoms with van der Waals surface area (Å²) in [6.07, 6.45) is 1.92. The van der Waals surface area contributed by atoms with Crippen molar-refractivity contribution in [2.75, 3.05) is 26.4 Å². The third-order valence-corrected chi connectivity index (χ3v) is 6.41. The average Bonchev–Trinajstić information content (AvgIpc) is 2.94. The van der Waals surface area contributed by atoms with Gasteiger partial charge >= 0.3 is 0 Å². The Morgan fingerprint density at radius 1 is 1.41 bits per heavy atom. The molecule has 0 aliphatic rings. The van der Waals surface area contributed by atoms with Crippen molar-refractivity contribution in [3.05, 3.63) is 20.8 Å². The summed E-state index contributed by atoms with van der Waals surface area (Å²) >= 11 is 2.69. The normalized spacial score (nSPS) is 12.2. The lowest BCUT2D eigenvalue weighted by Crippen LogP contribution is -2.37. The van der Waals surface area contributed by atoms with Crippen molar-refractivity contribution < 1.29 is 9.59 Å². The van der Waals surface area contributed by atoms with Crippen molar-refractivity contribution in [2.45, 2.75) is 38.8 Å². The minimum Gasteiger partial charge on any atom is -0.358 e. The van der Waals surface area contributed by atoms with Crippen LogP contribution in [-0.2, 0) is 16.0 Å². The average molecular weight is 411 g/mol. The molecule has 0 fully saturated rings. The van der Waals surface area contributed by atoms with Crippen LogP contribution in [0.5, 0.6) is 0 Å². The molecule has 2 heterocycles. The number of aromatic nitrogens is 2. The Hall–Kier alpha value is -1.87. The van der Waals surface area contributed by atoms with Gasteiger partial charge in [0.05, 0.1) is 17.7 Å². The lowest BCUT2D eigenvalue weighted by molar-refractivity contribution is -0.132. The largest absolute Gasteiger partial charge is 0.358 e. The molecule has 2 rings (SSSR count). The van der Waals surface area contributed by atoms with Crippen molar-refractivity contribution in [3.8, 4) is 0 Å². The Bertz CT molecular complexity index is 891. The third kappa shape index (κ3) is 5.32. The van der Waals surface area contributed by atoms with E-state index in [9.17, 15) is 14.4 Å². The number of nitrogens with one attached hydrogen (secondary N) is 2. The lowest BCUT2D eigenvalue weighted by Gasteiger charge is -2.15. The Labute approximate surface area is 166 Å². The first kappa shape index (κ1) is 21.4. The number of thioether (sulfide) groups is 1. The van der Waals surface area contributed by atoms with Gasteiger partial charge in [0.25, 0.3) is 5.56 Å². The van der Waals surface area contributed by atoms with Crippen LogP contribution in [0.15, 0.2) is 9.95 Å². The highest BCUT2D eigenvalue weighted by Gasteiger charge is 2.18. The van der Waals surface area contributed by atoms with E-state index in [4.69, 9.17) is 0 Å². The number of fused-ring (bicyclic) bond motifs is 1. The van der Waals surface area contributed by atoms with Gasteiger partial charge in [-0.1, -0.05) is 32.0 Å². The molecule has 148 valence electrons. The third-order valence-electron chi connectivity index (χ3n) is 4.51. The van der Waals surface area contributed by atoms with Crippen LogP contribution >= 0.6 is 23.1 Å². The molecule has 0 radical (unpaired) electrons. The van der Waals surface area contributed by atoms with Gasteiger partial charge in [-0.25, -0.2) is 4.98 Å². The number of thiophene rings is 1. The molecule has 2 amide bonds. The number of amides is 2. The number of H-pyrrole nitrogens is 1. The molecule has 2 N–H and O–H groups in total. The minimum atomic E-state index is -0.230. The summed E-state index contributed by atoms with van der Waals surface area (Å²) in [7, 11) is 3.10. The maximum absolute atomic E-state index is 12.6. The first-order valence-electron chi connectivity index (χ1n) is 8.86. The minimum absolute atomic E-state index is 0.00195. The molecule has 2 aromatic heterocycles. The van der Waals surface area contributed by atoms with E-state index in [0.29, 0.717) is 21.3 Å². The molecule has 0 aliphatic carbocycles. The zero-order valence-electron chi connectivity index (χ0n) is 16.3. The van der Waals surface area contributed by atoms with E-state index in [1.807, 2.05) is 6.92 Å². The van der Waals surface area contributed by atoms with Crippen molar-refractivity contribution in [2.24, 2.45) is 5.92 Å². The highest BCUT2D eigenvalue weighted by molar-refractivity contribution is 7.99. The molecular formula is C18H26N4O3S2. The summed E-state index contributed by atoms with van der Waals surface area (Å²) in [5.74, 6) is 0.174. The summed E-state index contributed by atoms with van der Waals surface area (Å²) in [5, 5.41) is 3.57. The number of likely N-dealkylation sites (N-methyl/N-ethyl adjacent to an activating group) is 2. The van der Waals surface area contributed by atoms with E-state index >= 15 is 0 Å². The summed E-state index contributed by atoms with van der Waals surface area (Å²) in [4.78, 5) is 46.6. The summed E-state index contributed by atoms with van der Waals surface area (Å²) in [5.41, 5.74) is 0.923. The zero-order valence-corrected chi connectivity index (χ0v) is 18.0. The molecule has 1 atom stereocenters. The van der Waals surface area contributed by atoms with Gasteiger partial charge in [-0.2, -0.15) is 0 Å². The Morgan fingerprint density at radius 3 is 2.74 bits per heavy atom. The number of nitrogens with zero attached hydrogens (tertiary/aromatic N) is 2. The van der Waals surface area contributed by atoms with E-state index in [1.165, 1.54) is 35.0 Å². The number of hydrogen-bond donors (Lipinski definition) is 2. The Balaban J connectivity index is 2.16. The topological polar surface area (TPSA) is 95.2 Å². The predicted octanol–water partition coefficient (Wildman–Crippen LogP) is 2.18. The second kappa shape index (κ2) is 9.36. The second-order valence-electron chi connectivity index (χ2n) is 6.62. The van der Waals surface area contributed by atoms with Gasteiger partial charge in [0, 0.05) is 19.0 Å². The first-order chi connectivity index (χ1) is 12.8. The molecule has 0 bridgehead atoms.